The maximum atomic E-state index is 11.6. The first-order chi connectivity index (χ1) is 13.3. The summed E-state index contributed by atoms with van der Waals surface area (Å²) in [6.45, 7) is 7.46. The van der Waals surface area contributed by atoms with Crippen molar-refractivity contribution in [3.05, 3.63) is 11.6 Å². The zero-order chi connectivity index (χ0) is 20.1. The number of rotatable bonds is 4. The second-order valence-corrected chi connectivity index (χ2v) is 11.0. The molecule has 0 aromatic rings. The van der Waals surface area contributed by atoms with Gasteiger partial charge in [0.25, 0.3) is 0 Å². The van der Waals surface area contributed by atoms with E-state index in [1.807, 2.05) is 0 Å². The van der Waals surface area contributed by atoms with Crippen molar-refractivity contribution in [3.63, 3.8) is 0 Å². The molecule has 4 rings (SSSR count). The molecule has 3 fully saturated rings. The van der Waals surface area contributed by atoms with Crippen LogP contribution in [0.2, 0.25) is 0 Å². The lowest BCUT2D eigenvalue weighted by atomic mass is 9.47. The maximum absolute atomic E-state index is 11.6. The summed E-state index contributed by atoms with van der Waals surface area (Å²) in [7, 11) is 1.50. The van der Waals surface area contributed by atoms with Crippen LogP contribution in [0.25, 0.3) is 0 Å². The Labute approximate surface area is 171 Å². The number of methoxy groups -OCH3 is 1. The van der Waals surface area contributed by atoms with Crippen LogP contribution in [0.3, 0.4) is 0 Å². The molecule has 0 radical (unpaired) electrons. The van der Waals surface area contributed by atoms with Gasteiger partial charge in [-0.1, -0.05) is 32.4 Å². The van der Waals surface area contributed by atoms with Crippen LogP contribution in [0, 0.1) is 40.4 Å². The monoisotopic (exact) mass is 388 g/mol. The van der Waals surface area contributed by atoms with Gasteiger partial charge in [-0.05, 0) is 98.2 Å². The van der Waals surface area contributed by atoms with Crippen LogP contribution in [0.5, 0.6) is 0 Å². The number of fused-ring (bicyclic) bond motifs is 5. The fourth-order valence-corrected chi connectivity index (χ4v) is 8.27. The minimum Gasteiger partial charge on any atom is -0.469 e. The quantitative estimate of drug-likeness (QED) is 0.510. The minimum atomic E-state index is -0.115. The van der Waals surface area contributed by atoms with Crippen molar-refractivity contribution in [1.29, 1.82) is 0 Å². The van der Waals surface area contributed by atoms with E-state index < -0.39 is 0 Å². The van der Waals surface area contributed by atoms with Crippen molar-refractivity contribution in [2.75, 3.05) is 7.11 Å². The molecule has 0 heterocycles. The largest absolute Gasteiger partial charge is 0.469 e. The van der Waals surface area contributed by atoms with Gasteiger partial charge in [0.2, 0.25) is 0 Å². The Balaban J connectivity index is 1.51. The van der Waals surface area contributed by atoms with Crippen molar-refractivity contribution < 1.29 is 14.6 Å². The zero-order valence-corrected chi connectivity index (χ0v) is 18.4. The molecule has 4 aliphatic rings. The van der Waals surface area contributed by atoms with Gasteiger partial charge in [0.15, 0.2) is 0 Å². The number of carbonyl (C=O) groups is 1. The molecule has 0 aromatic heterocycles. The van der Waals surface area contributed by atoms with E-state index >= 15 is 0 Å². The zero-order valence-electron chi connectivity index (χ0n) is 18.4. The number of hydrogen-bond acceptors (Lipinski definition) is 3. The van der Waals surface area contributed by atoms with E-state index in [4.69, 9.17) is 4.74 Å². The van der Waals surface area contributed by atoms with Gasteiger partial charge >= 0.3 is 5.97 Å². The van der Waals surface area contributed by atoms with E-state index in [0.717, 1.165) is 42.9 Å². The molecule has 28 heavy (non-hydrogen) atoms. The first kappa shape index (κ1) is 20.4. The maximum Gasteiger partial charge on any atom is 0.305 e. The van der Waals surface area contributed by atoms with Crippen molar-refractivity contribution in [2.45, 2.75) is 91.1 Å². The van der Waals surface area contributed by atoms with Crippen LogP contribution in [-0.4, -0.2) is 24.3 Å². The van der Waals surface area contributed by atoms with Gasteiger partial charge in [-0.15, -0.1) is 0 Å². The van der Waals surface area contributed by atoms with Crippen LogP contribution < -0.4 is 0 Å². The van der Waals surface area contributed by atoms with Crippen LogP contribution in [0.4, 0.5) is 0 Å². The van der Waals surface area contributed by atoms with E-state index in [1.165, 1.54) is 45.6 Å². The highest BCUT2D eigenvalue weighted by molar-refractivity contribution is 5.69. The molecule has 0 saturated heterocycles. The molecular formula is C25H40O3. The molecule has 4 aliphatic carbocycles. The summed E-state index contributed by atoms with van der Waals surface area (Å²) in [4.78, 5) is 11.6. The van der Waals surface area contributed by atoms with Gasteiger partial charge in [0, 0.05) is 6.42 Å². The molecule has 0 aliphatic heterocycles. The fourth-order valence-electron chi connectivity index (χ4n) is 8.27. The fraction of sp³-hybridized carbons (Fsp3) is 0.880. The van der Waals surface area contributed by atoms with Crippen molar-refractivity contribution in [3.8, 4) is 0 Å². The van der Waals surface area contributed by atoms with Gasteiger partial charge < -0.3 is 9.84 Å². The first-order valence-electron chi connectivity index (χ1n) is 11.7. The first-order valence-corrected chi connectivity index (χ1v) is 11.7. The van der Waals surface area contributed by atoms with E-state index in [9.17, 15) is 9.90 Å². The van der Waals surface area contributed by atoms with Crippen LogP contribution in [0.15, 0.2) is 11.6 Å². The Morgan fingerprint density at radius 1 is 1.21 bits per heavy atom. The molecule has 8 atom stereocenters. The van der Waals surface area contributed by atoms with Gasteiger partial charge in [-0.3, -0.25) is 4.79 Å². The molecule has 1 N–H and O–H groups in total. The number of aliphatic hydroxyl groups is 1. The standard InChI is InChI=1S/C25H40O3/c1-16(5-10-23(27)28-4)20-8-9-21-19-7-6-17-15-18(26)11-13-24(17,2)22(19)12-14-25(20,21)3/h6,16,18-22,26H,5,7-15H2,1-4H3/t16-,18+,19+,20-,21+,22?,24+,25-/m1/s1. The summed E-state index contributed by atoms with van der Waals surface area (Å²) in [6.07, 6.45) is 13.6. The summed E-state index contributed by atoms with van der Waals surface area (Å²) in [6, 6.07) is 0. The average Bonchev–Trinajstić information content (AvgIpc) is 3.03. The Kier molecular flexibility index (Phi) is 5.44. The highest BCUT2D eigenvalue weighted by Gasteiger charge is 2.59. The number of ether oxygens (including phenoxy) is 1. The van der Waals surface area contributed by atoms with E-state index in [1.54, 1.807) is 5.57 Å². The summed E-state index contributed by atoms with van der Waals surface area (Å²) >= 11 is 0. The number of hydrogen-bond donors (Lipinski definition) is 1. The molecular weight excluding hydrogens is 348 g/mol. The van der Waals surface area contributed by atoms with Gasteiger partial charge in [-0.25, -0.2) is 0 Å². The Morgan fingerprint density at radius 2 is 2.00 bits per heavy atom. The Bertz CT molecular complexity index is 640. The number of carbonyl (C=O) groups excluding carboxylic acids is 1. The van der Waals surface area contributed by atoms with Crippen molar-refractivity contribution >= 4 is 5.97 Å². The van der Waals surface area contributed by atoms with Crippen molar-refractivity contribution in [1.82, 2.24) is 0 Å². The van der Waals surface area contributed by atoms with Gasteiger partial charge in [0.1, 0.15) is 0 Å². The van der Waals surface area contributed by atoms with E-state index in [-0.39, 0.29) is 12.1 Å². The number of esters is 1. The lowest BCUT2D eigenvalue weighted by Gasteiger charge is -2.58. The smallest absolute Gasteiger partial charge is 0.305 e. The molecule has 3 heteroatoms. The third-order valence-electron chi connectivity index (χ3n) is 9.87. The predicted octanol–water partition coefficient (Wildman–Crippen LogP) is 5.52. The van der Waals surface area contributed by atoms with Crippen molar-refractivity contribution in [2.24, 2.45) is 40.4 Å². The molecule has 3 nitrogen and oxygen atoms in total. The lowest BCUT2D eigenvalue weighted by molar-refractivity contribution is -0.141. The lowest BCUT2D eigenvalue weighted by Crippen LogP contribution is -2.50. The normalized spacial score (nSPS) is 46.0. The molecule has 0 aromatic carbocycles. The highest BCUT2D eigenvalue weighted by Crippen LogP contribution is 2.67. The summed E-state index contributed by atoms with van der Waals surface area (Å²) < 4.78 is 4.87. The third kappa shape index (κ3) is 3.16. The van der Waals surface area contributed by atoms with Gasteiger partial charge in [0.05, 0.1) is 13.2 Å². The Hall–Kier alpha value is -0.830. The highest BCUT2D eigenvalue weighted by atomic mass is 16.5. The number of allylic oxidation sites excluding steroid dienone is 1. The third-order valence-corrected chi connectivity index (χ3v) is 9.87. The molecule has 3 saturated carbocycles. The molecule has 0 amide bonds. The molecule has 0 spiro atoms. The van der Waals surface area contributed by atoms with Crippen LogP contribution >= 0.6 is 0 Å². The average molecular weight is 389 g/mol. The molecule has 0 bridgehead atoms. The minimum absolute atomic E-state index is 0.0624. The predicted molar refractivity (Wildman–Crippen MR) is 112 cm³/mol. The van der Waals surface area contributed by atoms with Gasteiger partial charge in [-0.2, -0.15) is 0 Å². The SMILES string of the molecule is COC(=O)CC[C@@H](C)[C@H]1CC[C@H]2[C@@H]3CC=C4C[C@@H](O)CC[C@]4(C)C3CC[C@]12C. The van der Waals surface area contributed by atoms with Crippen LogP contribution in [-0.2, 0) is 9.53 Å². The summed E-state index contributed by atoms with van der Waals surface area (Å²) in [5, 5.41) is 10.2. The Morgan fingerprint density at radius 3 is 2.75 bits per heavy atom. The molecule has 1 unspecified atom stereocenters. The topological polar surface area (TPSA) is 46.5 Å². The second kappa shape index (κ2) is 7.45. The number of aliphatic hydroxyl groups excluding tert-OH is 1. The molecule has 158 valence electrons. The van der Waals surface area contributed by atoms with E-state index in [0.29, 0.717) is 23.2 Å². The second-order valence-electron chi connectivity index (χ2n) is 11.0. The van der Waals surface area contributed by atoms with Crippen LogP contribution in [0.1, 0.15) is 85.0 Å². The summed E-state index contributed by atoms with van der Waals surface area (Å²) in [5.74, 6) is 3.74. The van der Waals surface area contributed by atoms with E-state index in [2.05, 4.69) is 26.8 Å². The summed E-state index contributed by atoms with van der Waals surface area (Å²) in [5.41, 5.74) is 2.34.